The van der Waals surface area contributed by atoms with Crippen molar-refractivity contribution in [3.63, 3.8) is 0 Å². The summed E-state index contributed by atoms with van der Waals surface area (Å²) in [6.07, 6.45) is 20.3. The first-order valence-electron chi connectivity index (χ1n) is 16.3. The van der Waals surface area contributed by atoms with Crippen molar-refractivity contribution in [2.75, 3.05) is 0 Å². The van der Waals surface area contributed by atoms with Crippen LogP contribution in [0.2, 0.25) is 0 Å². The van der Waals surface area contributed by atoms with Crippen molar-refractivity contribution >= 4 is 32.3 Å². The first-order chi connectivity index (χ1) is 19.7. The Labute approximate surface area is 270 Å². The molecule has 0 amide bonds. The van der Waals surface area contributed by atoms with Gasteiger partial charge in [0.15, 0.2) is 0 Å². The third-order valence-electron chi connectivity index (χ3n) is 9.29. The number of allylic oxidation sites excluding steroid dienone is 2. The molecule has 2 fully saturated rings. The summed E-state index contributed by atoms with van der Waals surface area (Å²) in [7, 11) is 9.44. The van der Waals surface area contributed by atoms with Crippen molar-refractivity contribution in [3.8, 4) is 11.1 Å². The Balaban J connectivity index is 0.00000147. The molecule has 0 aromatic heterocycles. The van der Waals surface area contributed by atoms with Gasteiger partial charge in [-0.2, -0.15) is 0 Å². The summed E-state index contributed by atoms with van der Waals surface area (Å²) in [5.41, 5.74) is 11.3. The summed E-state index contributed by atoms with van der Waals surface area (Å²) in [5.74, 6) is 1.59. The van der Waals surface area contributed by atoms with Crippen molar-refractivity contribution < 1.29 is 15.9 Å². The molecule has 0 nitrogen and oxygen atoms in total. The predicted molar refractivity (Wildman–Crippen MR) is 185 cm³/mol. The third-order valence-corrected chi connectivity index (χ3v) is 12.9. The number of hydrogen-bond donors (Lipinski definition) is 0. The van der Waals surface area contributed by atoms with E-state index in [1.165, 1.54) is 69.8 Å². The molecular formula is C37H55Cl2PPd. The fraction of sp³-hybridized carbons (Fsp3) is 0.622. The van der Waals surface area contributed by atoms with Crippen LogP contribution in [0.15, 0.2) is 42.5 Å². The van der Waals surface area contributed by atoms with Gasteiger partial charge >= 0.3 is 35.0 Å². The van der Waals surface area contributed by atoms with E-state index >= 15 is 0 Å². The predicted octanol–water partition coefficient (Wildman–Crippen LogP) is 13.0. The minimum atomic E-state index is -0.191. The van der Waals surface area contributed by atoms with E-state index in [-0.39, 0.29) is 23.9 Å². The van der Waals surface area contributed by atoms with Crippen LogP contribution in [0.3, 0.4) is 0 Å². The van der Waals surface area contributed by atoms with Crippen LogP contribution in [0, 0.1) is 0 Å². The Morgan fingerprint density at radius 1 is 0.780 bits per heavy atom. The summed E-state index contributed by atoms with van der Waals surface area (Å²) in [6, 6.07) is 12.6. The van der Waals surface area contributed by atoms with Crippen LogP contribution in [0.5, 0.6) is 0 Å². The summed E-state index contributed by atoms with van der Waals surface area (Å²) in [6.45, 7) is 16.6. The fourth-order valence-corrected chi connectivity index (χ4v) is 11.3. The van der Waals surface area contributed by atoms with E-state index < -0.39 is 0 Å². The molecule has 0 atom stereocenters. The van der Waals surface area contributed by atoms with Crippen molar-refractivity contribution in [1.29, 1.82) is 0 Å². The average molecular weight is 708 g/mol. The summed E-state index contributed by atoms with van der Waals surface area (Å²) in [4.78, 5) is 0. The maximum atomic E-state index is 4.81. The fourth-order valence-electron chi connectivity index (χ4n) is 7.16. The van der Waals surface area contributed by atoms with Crippen LogP contribution in [0.1, 0.15) is 153 Å². The van der Waals surface area contributed by atoms with Gasteiger partial charge in [0.05, 0.1) is 0 Å². The van der Waals surface area contributed by atoms with E-state index in [0.717, 1.165) is 17.7 Å². The van der Waals surface area contributed by atoms with E-state index in [1.807, 2.05) is 0 Å². The Hall–Kier alpha value is -0.148. The second kappa shape index (κ2) is 18.0. The zero-order valence-corrected chi connectivity index (χ0v) is 30.7. The molecule has 2 aliphatic carbocycles. The SMILES string of the molecule is CC=CCc1cccc(-c2c(C(C)C)cc(C(C)C)cc2C(C)C)c1P(C1CCCCC1)C1CCCCC1.[Cl][Pd][Cl]. The normalized spacial score (nSPS) is 17.3. The topological polar surface area (TPSA) is 0 Å². The van der Waals surface area contributed by atoms with E-state index in [9.17, 15) is 0 Å². The molecule has 4 heteroatoms. The first kappa shape index (κ1) is 35.3. The summed E-state index contributed by atoms with van der Waals surface area (Å²) < 4.78 is 0. The van der Waals surface area contributed by atoms with Crippen LogP contribution >= 0.6 is 27.0 Å². The second-order valence-electron chi connectivity index (χ2n) is 13.2. The van der Waals surface area contributed by atoms with E-state index in [4.69, 9.17) is 19.1 Å². The molecule has 41 heavy (non-hydrogen) atoms. The molecule has 0 unspecified atom stereocenters. The number of benzene rings is 2. The van der Waals surface area contributed by atoms with Gasteiger partial charge < -0.3 is 0 Å². The molecule has 2 aromatic rings. The van der Waals surface area contributed by atoms with Gasteiger partial charge in [-0.25, -0.2) is 0 Å². The van der Waals surface area contributed by atoms with Gasteiger partial charge in [-0.15, -0.1) is 0 Å². The molecule has 2 aromatic carbocycles. The molecule has 0 saturated heterocycles. The maximum absolute atomic E-state index is 4.81. The zero-order chi connectivity index (χ0) is 29.9. The van der Waals surface area contributed by atoms with Gasteiger partial charge in [0.25, 0.3) is 0 Å². The molecular weight excluding hydrogens is 653 g/mol. The Bertz CT molecular complexity index is 1050. The van der Waals surface area contributed by atoms with Gasteiger partial charge in [0.1, 0.15) is 0 Å². The van der Waals surface area contributed by atoms with Crippen LogP contribution in [0.25, 0.3) is 11.1 Å². The third kappa shape index (κ3) is 9.42. The molecule has 0 N–H and O–H groups in total. The zero-order valence-electron chi connectivity index (χ0n) is 26.7. The van der Waals surface area contributed by atoms with Crippen LogP contribution in [0.4, 0.5) is 0 Å². The molecule has 232 valence electrons. The minimum absolute atomic E-state index is 0.106. The van der Waals surface area contributed by atoms with Crippen LogP contribution in [-0.2, 0) is 22.4 Å². The van der Waals surface area contributed by atoms with Gasteiger partial charge in [-0.05, 0) is 107 Å². The standard InChI is InChI=1S/C37H55P.2ClH.Pd/c1-8-9-17-29-18-16-23-33(36-34(27(4)5)24-30(26(2)3)25-35(36)28(6)7)37(29)38(31-19-12-10-13-20-31)32-21-14-11-15-22-32;;;/h8-9,16,18,23-28,31-32H,10-15,17,19-22H2,1-7H3;2*1H;/q;;;+2/p-2. The van der Waals surface area contributed by atoms with Gasteiger partial charge in [0.2, 0.25) is 0 Å². The van der Waals surface area contributed by atoms with Crippen LogP contribution < -0.4 is 5.30 Å². The van der Waals surface area contributed by atoms with Crippen molar-refractivity contribution in [1.82, 2.24) is 0 Å². The molecule has 2 saturated carbocycles. The summed E-state index contributed by atoms with van der Waals surface area (Å²) >= 11 is -0.106. The Morgan fingerprint density at radius 3 is 1.68 bits per heavy atom. The molecule has 4 rings (SSSR count). The van der Waals surface area contributed by atoms with E-state index in [2.05, 4.69) is 91.0 Å². The van der Waals surface area contributed by atoms with Crippen molar-refractivity contribution in [2.45, 2.75) is 148 Å². The monoisotopic (exact) mass is 706 g/mol. The molecule has 0 spiro atoms. The Kier molecular flexibility index (Phi) is 15.5. The van der Waals surface area contributed by atoms with Gasteiger partial charge in [-0.3, -0.25) is 0 Å². The number of halogens is 2. The molecule has 0 heterocycles. The molecule has 0 aliphatic heterocycles. The van der Waals surface area contributed by atoms with Gasteiger partial charge in [-0.1, -0.05) is 130 Å². The van der Waals surface area contributed by atoms with Crippen molar-refractivity contribution in [3.05, 3.63) is 64.7 Å². The number of rotatable bonds is 9. The summed E-state index contributed by atoms with van der Waals surface area (Å²) in [5, 5.41) is 1.81. The first-order valence-corrected chi connectivity index (χ1v) is 21.7. The number of hydrogen-bond acceptors (Lipinski definition) is 0. The second-order valence-corrected chi connectivity index (χ2v) is 18.2. The van der Waals surface area contributed by atoms with E-state index in [0.29, 0.717) is 17.8 Å². The Morgan fingerprint density at radius 2 is 1.27 bits per heavy atom. The van der Waals surface area contributed by atoms with Gasteiger partial charge in [0, 0.05) is 0 Å². The average Bonchev–Trinajstić information content (AvgIpc) is 2.97. The van der Waals surface area contributed by atoms with Crippen molar-refractivity contribution in [2.24, 2.45) is 0 Å². The molecule has 0 bridgehead atoms. The van der Waals surface area contributed by atoms with Crippen LogP contribution in [-0.4, -0.2) is 11.3 Å². The molecule has 2 aliphatic rings. The molecule has 0 radical (unpaired) electrons. The van der Waals surface area contributed by atoms with E-state index in [1.54, 1.807) is 33.1 Å². The quantitative estimate of drug-likeness (QED) is 0.138.